The van der Waals surface area contributed by atoms with Crippen molar-refractivity contribution in [3.63, 3.8) is 0 Å². The fraction of sp³-hybridized carbons (Fsp3) is 0.214. The molecule has 92 valence electrons. The predicted molar refractivity (Wildman–Crippen MR) is 66.6 cm³/mol. The minimum atomic E-state index is -0.523. The van der Waals surface area contributed by atoms with Crippen LogP contribution in [0.15, 0.2) is 34.7 Å². The number of nitrogens with zero attached hydrogens (tertiary/aromatic N) is 1. The molecule has 1 aromatic heterocycles. The summed E-state index contributed by atoms with van der Waals surface area (Å²) in [6, 6.07) is 9.96. The smallest absolute Gasteiger partial charge is 0.143 e. The summed E-state index contributed by atoms with van der Waals surface area (Å²) < 4.78 is 18.9. The maximum Gasteiger partial charge on any atom is 0.143 e. The molecular formula is C14H13FN2O. The normalized spacial score (nSPS) is 11.9. The first-order valence-electron chi connectivity index (χ1n) is 5.63. The third-order valence-corrected chi connectivity index (χ3v) is 2.69. The molecule has 0 spiro atoms. The summed E-state index contributed by atoms with van der Waals surface area (Å²) in [5.41, 5.74) is 0.492. The van der Waals surface area contributed by atoms with Crippen LogP contribution in [-0.4, -0.2) is 0 Å². The van der Waals surface area contributed by atoms with E-state index < -0.39 is 5.82 Å². The fourth-order valence-corrected chi connectivity index (χ4v) is 1.75. The number of anilines is 1. The van der Waals surface area contributed by atoms with Crippen molar-refractivity contribution >= 4 is 5.69 Å². The molecular weight excluding hydrogens is 231 g/mol. The van der Waals surface area contributed by atoms with Gasteiger partial charge in [0.15, 0.2) is 0 Å². The number of nitriles is 1. The van der Waals surface area contributed by atoms with Gasteiger partial charge < -0.3 is 9.73 Å². The first-order valence-corrected chi connectivity index (χ1v) is 5.63. The highest BCUT2D eigenvalue weighted by Crippen LogP contribution is 2.24. The van der Waals surface area contributed by atoms with Gasteiger partial charge in [-0.3, -0.25) is 0 Å². The molecule has 1 aromatic carbocycles. The van der Waals surface area contributed by atoms with Gasteiger partial charge in [-0.05, 0) is 38.1 Å². The van der Waals surface area contributed by atoms with Crippen LogP contribution in [0.2, 0.25) is 0 Å². The average molecular weight is 244 g/mol. The third-order valence-electron chi connectivity index (χ3n) is 2.69. The second kappa shape index (κ2) is 4.92. The average Bonchev–Trinajstić information content (AvgIpc) is 2.76. The van der Waals surface area contributed by atoms with Gasteiger partial charge in [0.25, 0.3) is 0 Å². The molecule has 0 aliphatic heterocycles. The monoisotopic (exact) mass is 244 g/mol. The first kappa shape index (κ1) is 12.2. The van der Waals surface area contributed by atoms with Crippen LogP contribution in [-0.2, 0) is 0 Å². The van der Waals surface area contributed by atoms with Crippen LogP contribution in [0, 0.1) is 24.1 Å². The van der Waals surface area contributed by atoms with Crippen molar-refractivity contribution in [1.29, 1.82) is 5.26 Å². The Hall–Kier alpha value is -2.28. The fourth-order valence-electron chi connectivity index (χ4n) is 1.75. The van der Waals surface area contributed by atoms with Gasteiger partial charge in [0.2, 0.25) is 0 Å². The molecule has 0 radical (unpaired) electrons. The highest BCUT2D eigenvalue weighted by molar-refractivity contribution is 5.58. The number of furan rings is 1. The third kappa shape index (κ3) is 2.35. The molecule has 0 amide bonds. The molecule has 1 N–H and O–H groups in total. The van der Waals surface area contributed by atoms with E-state index in [2.05, 4.69) is 5.32 Å². The van der Waals surface area contributed by atoms with Crippen molar-refractivity contribution in [2.45, 2.75) is 19.9 Å². The molecule has 0 bridgehead atoms. The van der Waals surface area contributed by atoms with Gasteiger partial charge in [-0.2, -0.15) is 5.26 Å². The summed E-state index contributed by atoms with van der Waals surface area (Å²) in [6.45, 7) is 3.75. The number of aryl methyl sites for hydroxylation is 1. The second-order valence-electron chi connectivity index (χ2n) is 4.09. The Morgan fingerprint density at radius 3 is 2.72 bits per heavy atom. The largest absolute Gasteiger partial charge is 0.464 e. The van der Waals surface area contributed by atoms with Crippen LogP contribution >= 0.6 is 0 Å². The van der Waals surface area contributed by atoms with Crippen LogP contribution in [0.1, 0.15) is 30.0 Å². The number of benzene rings is 1. The number of rotatable bonds is 3. The van der Waals surface area contributed by atoms with Crippen molar-refractivity contribution in [3.05, 3.63) is 53.2 Å². The van der Waals surface area contributed by atoms with Gasteiger partial charge in [-0.15, -0.1) is 0 Å². The molecule has 0 aliphatic carbocycles. The van der Waals surface area contributed by atoms with Gasteiger partial charge in [-0.1, -0.05) is 6.07 Å². The standard InChI is InChI=1S/C14H13FN2O/c1-9-6-7-14(18-9)10(2)17-13-5-3-4-12(15)11(13)8-16/h3-7,10,17H,1-2H3. The quantitative estimate of drug-likeness (QED) is 0.894. The maximum atomic E-state index is 13.4. The Morgan fingerprint density at radius 1 is 1.33 bits per heavy atom. The lowest BCUT2D eigenvalue weighted by Crippen LogP contribution is -2.07. The second-order valence-corrected chi connectivity index (χ2v) is 4.09. The minimum absolute atomic E-state index is 0.0210. The van der Waals surface area contributed by atoms with E-state index in [1.807, 2.05) is 32.0 Å². The molecule has 3 nitrogen and oxygen atoms in total. The molecule has 0 fully saturated rings. The maximum absolute atomic E-state index is 13.4. The lowest BCUT2D eigenvalue weighted by Gasteiger charge is -2.14. The van der Waals surface area contributed by atoms with E-state index >= 15 is 0 Å². The van der Waals surface area contributed by atoms with E-state index in [0.29, 0.717) is 5.69 Å². The van der Waals surface area contributed by atoms with Crippen LogP contribution in [0.3, 0.4) is 0 Å². The van der Waals surface area contributed by atoms with Crippen molar-refractivity contribution in [2.75, 3.05) is 5.32 Å². The molecule has 2 aromatic rings. The van der Waals surface area contributed by atoms with Gasteiger partial charge in [0.05, 0.1) is 11.7 Å². The Labute approximate surface area is 105 Å². The van der Waals surface area contributed by atoms with Crippen LogP contribution in [0.25, 0.3) is 0 Å². The van der Waals surface area contributed by atoms with Gasteiger partial charge in [0.1, 0.15) is 29.0 Å². The summed E-state index contributed by atoms with van der Waals surface area (Å²) in [4.78, 5) is 0. The van der Waals surface area contributed by atoms with Crippen molar-refractivity contribution in [3.8, 4) is 6.07 Å². The van der Waals surface area contributed by atoms with E-state index in [-0.39, 0.29) is 11.6 Å². The Balaban J connectivity index is 2.25. The summed E-state index contributed by atoms with van der Waals surface area (Å²) in [6.07, 6.45) is 0. The minimum Gasteiger partial charge on any atom is -0.464 e. The molecule has 0 saturated carbocycles. The zero-order valence-electron chi connectivity index (χ0n) is 10.2. The molecule has 2 rings (SSSR count). The highest BCUT2D eigenvalue weighted by Gasteiger charge is 2.13. The Bertz CT molecular complexity index is 598. The van der Waals surface area contributed by atoms with E-state index in [1.54, 1.807) is 12.1 Å². The SMILES string of the molecule is Cc1ccc(C(C)Nc2cccc(F)c2C#N)o1. The predicted octanol–water partition coefficient (Wildman–Crippen LogP) is 3.77. The zero-order valence-corrected chi connectivity index (χ0v) is 10.2. The van der Waals surface area contributed by atoms with E-state index in [1.165, 1.54) is 6.07 Å². The Morgan fingerprint density at radius 2 is 2.11 bits per heavy atom. The van der Waals surface area contributed by atoms with E-state index in [9.17, 15) is 4.39 Å². The Kier molecular flexibility index (Phi) is 3.33. The number of hydrogen-bond donors (Lipinski definition) is 1. The number of nitrogens with one attached hydrogen (secondary N) is 1. The van der Waals surface area contributed by atoms with Crippen LogP contribution in [0.4, 0.5) is 10.1 Å². The first-order chi connectivity index (χ1) is 8.61. The summed E-state index contributed by atoms with van der Waals surface area (Å²) in [5.74, 6) is 1.05. The van der Waals surface area contributed by atoms with Gasteiger partial charge in [-0.25, -0.2) is 4.39 Å². The molecule has 1 unspecified atom stereocenters. The summed E-state index contributed by atoms with van der Waals surface area (Å²) in [7, 11) is 0. The highest BCUT2D eigenvalue weighted by atomic mass is 19.1. The lowest BCUT2D eigenvalue weighted by atomic mass is 10.1. The van der Waals surface area contributed by atoms with Gasteiger partial charge in [0, 0.05) is 0 Å². The van der Waals surface area contributed by atoms with Crippen molar-refractivity contribution in [1.82, 2.24) is 0 Å². The van der Waals surface area contributed by atoms with Crippen molar-refractivity contribution < 1.29 is 8.81 Å². The van der Waals surface area contributed by atoms with E-state index in [0.717, 1.165) is 11.5 Å². The molecule has 0 saturated heterocycles. The van der Waals surface area contributed by atoms with Crippen LogP contribution < -0.4 is 5.32 Å². The summed E-state index contributed by atoms with van der Waals surface area (Å²) in [5, 5.41) is 12.0. The zero-order chi connectivity index (χ0) is 13.1. The lowest BCUT2D eigenvalue weighted by molar-refractivity contribution is 0.467. The van der Waals surface area contributed by atoms with Crippen LogP contribution in [0.5, 0.6) is 0 Å². The summed E-state index contributed by atoms with van der Waals surface area (Å²) >= 11 is 0. The molecule has 0 aliphatic rings. The molecule has 1 atom stereocenters. The molecule has 4 heteroatoms. The van der Waals surface area contributed by atoms with Gasteiger partial charge >= 0.3 is 0 Å². The topological polar surface area (TPSA) is 49.0 Å². The van der Waals surface area contributed by atoms with E-state index in [4.69, 9.17) is 9.68 Å². The number of hydrogen-bond acceptors (Lipinski definition) is 3. The molecule has 18 heavy (non-hydrogen) atoms. The van der Waals surface area contributed by atoms with Crippen molar-refractivity contribution in [2.24, 2.45) is 0 Å². The number of halogens is 1. The molecule has 1 heterocycles.